The average Bonchev–Trinajstić information content (AvgIpc) is 3.30. The molecular weight excluding hydrogens is 298 g/mol. The Bertz CT molecular complexity index is 727. The lowest BCUT2D eigenvalue weighted by atomic mass is 10.1. The third kappa shape index (κ3) is 2.82. The maximum Gasteiger partial charge on any atom is 0.278 e. The molecule has 0 aliphatic carbocycles. The number of nitrogens with zero attached hydrogens (tertiary/aromatic N) is 4. The van der Waals surface area contributed by atoms with Crippen LogP contribution in [0.4, 0.5) is 0 Å². The van der Waals surface area contributed by atoms with E-state index in [0.717, 1.165) is 25.2 Å². The fourth-order valence-corrected chi connectivity index (χ4v) is 3.41. The molecular formula is C15H17N5OS. The standard InChI is InChI=1S/C15H17N5OS/c1-3-11(10-16-6-1)20-7-5-13(18-20)15-17-14(19-21-15)9-12-4-2-8-22-12/h2,4-5,7-8,11,16H,1,3,6,9-10H2. The van der Waals surface area contributed by atoms with Crippen LogP contribution in [0.25, 0.3) is 11.6 Å². The van der Waals surface area contributed by atoms with E-state index in [9.17, 15) is 0 Å². The highest BCUT2D eigenvalue weighted by Gasteiger charge is 2.18. The zero-order valence-electron chi connectivity index (χ0n) is 12.1. The number of hydrogen-bond donors (Lipinski definition) is 1. The van der Waals surface area contributed by atoms with Crippen molar-refractivity contribution in [3.8, 4) is 11.6 Å². The van der Waals surface area contributed by atoms with Crippen molar-refractivity contribution >= 4 is 11.3 Å². The molecule has 1 unspecified atom stereocenters. The van der Waals surface area contributed by atoms with Crippen molar-refractivity contribution in [2.45, 2.75) is 25.3 Å². The van der Waals surface area contributed by atoms with Gasteiger partial charge < -0.3 is 9.84 Å². The molecule has 0 spiro atoms. The van der Waals surface area contributed by atoms with Gasteiger partial charge in [-0.15, -0.1) is 11.3 Å². The van der Waals surface area contributed by atoms with Crippen LogP contribution < -0.4 is 5.32 Å². The summed E-state index contributed by atoms with van der Waals surface area (Å²) in [5, 5.41) is 14.1. The molecule has 6 nitrogen and oxygen atoms in total. The smallest absolute Gasteiger partial charge is 0.278 e. The molecule has 22 heavy (non-hydrogen) atoms. The van der Waals surface area contributed by atoms with Crippen LogP contribution in [-0.4, -0.2) is 33.0 Å². The molecule has 0 saturated carbocycles. The summed E-state index contributed by atoms with van der Waals surface area (Å²) in [5.41, 5.74) is 0.746. The molecule has 114 valence electrons. The van der Waals surface area contributed by atoms with Gasteiger partial charge in [-0.05, 0) is 36.9 Å². The van der Waals surface area contributed by atoms with Crippen molar-refractivity contribution in [3.05, 3.63) is 40.5 Å². The van der Waals surface area contributed by atoms with Crippen LogP contribution in [0.5, 0.6) is 0 Å². The number of hydrogen-bond acceptors (Lipinski definition) is 6. The predicted molar refractivity (Wildman–Crippen MR) is 83.8 cm³/mol. The number of thiophene rings is 1. The van der Waals surface area contributed by atoms with E-state index < -0.39 is 0 Å². The summed E-state index contributed by atoms with van der Waals surface area (Å²) < 4.78 is 7.36. The van der Waals surface area contributed by atoms with Crippen molar-refractivity contribution in [3.63, 3.8) is 0 Å². The molecule has 0 amide bonds. The van der Waals surface area contributed by atoms with Crippen LogP contribution in [0.1, 0.15) is 29.6 Å². The first kappa shape index (κ1) is 13.7. The fourth-order valence-electron chi connectivity index (χ4n) is 2.71. The lowest BCUT2D eigenvalue weighted by Gasteiger charge is -2.22. The van der Waals surface area contributed by atoms with Crippen LogP contribution in [0, 0.1) is 0 Å². The van der Waals surface area contributed by atoms with Gasteiger partial charge in [0, 0.05) is 24.0 Å². The van der Waals surface area contributed by atoms with E-state index >= 15 is 0 Å². The van der Waals surface area contributed by atoms with E-state index in [1.807, 2.05) is 23.0 Å². The molecule has 1 aliphatic rings. The Morgan fingerprint density at radius 3 is 3.23 bits per heavy atom. The highest BCUT2D eigenvalue weighted by Crippen LogP contribution is 2.21. The molecule has 1 atom stereocenters. The minimum absolute atomic E-state index is 0.413. The van der Waals surface area contributed by atoms with Gasteiger partial charge in [0.2, 0.25) is 0 Å². The van der Waals surface area contributed by atoms with Gasteiger partial charge in [0.1, 0.15) is 0 Å². The molecule has 7 heteroatoms. The summed E-state index contributed by atoms with van der Waals surface area (Å²) in [6, 6.07) is 6.46. The van der Waals surface area contributed by atoms with E-state index in [-0.39, 0.29) is 0 Å². The quantitative estimate of drug-likeness (QED) is 0.801. The molecule has 3 aromatic heterocycles. The minimum atomic E-state index is 0.413. The minimum Gasteiger partial charge on any atom is -0.332 e. The SMILES string of the molecule is c1csc(Cc2noc(-c3ccn(C4CCCNC4)n3)n2)c1. The molecule has 1 saturated heterocycles. The Hall–Kier alpha value is -1.99. The van der Waals surface area contributed by atoms with Gasteiger partial charge in [-0.25, -0.2) is 0 Å². The first-order chi connectivity index (χ1) is 10.9. The van der Waals surface area contributed by atoms with Gasteiger partial charge in [0.25, 0.3) is 5.89 Å². The van der Waals surface area contributed by atoms with Gasteiger partial charge in [0.05, 0.1) is 6.04 Å². The Morgan fingerprint density at radius 1 is 1.41 bits per heavy atom. The van der Waals surface area contributed by atoms with Crippen molar-refractivity contribution in [1.82, 2.24) is 25.2 Å². The molecule has 4 heterocycles. The average molecular weight is 315 g/mol. The lowest BCUT2D eigenvalue weighted by molar-refractivity contribution is 0.346. The van der Waals surface area contributed by atoms with Crippen molar-refractivity contribution in [2.24, 2.45) is 0 Å². The Kier molecular flexibility index (Phi) is 3.74. The number of nitrogens with one attached hydrogen (secondary N) is 1. The van der Waals surface area contributed by atoms with E-state index in [4.69, 9.17) is 4.52 Å². The lowest BCUT2D eigenvalue weighted by Crippen LogP contribution is -2.31. The molecule has 1 N–H and O–H groups in total. The Labute approximate surface area is 132 Å². The first-order valence-corrected chi connectivity index (χ1v) is 8.38. The van der Waals surface area contributed by atoms with E-state index in [2.05, 4.69) is 32.0 Å². The Balaban J connectivity index is 1.50. The van der Waals surface area contributed by atoms with Crippen LogP contribution in [0.2, 0.25) is 0 Å². The molecule has 1 fully saturated rings. The highest BCUT2D eigenvalue weighted by molar-refractivity contribution is 7.09. The second-order valence-electron chi connectivity index (χ2n) is 5.45. The second-order valence-corrected chi connectivity index (χ2v) is 6.49. The van der Waals surface area contributed by atoms with Crippen LogP contribution >= 0.6 is 11.3 Å². The summed E-state index contributed by atoms with van der Waals surface area (Å²) in [5.74, 6) is 1.19. The summed E-state index contributed by atoms with van der Waals surface area (Å²) >= 11 is 1.70. The van der Waals surface area contributed by atoms with Crippen LogP contribution in [0.15, 0.2) is 34.3 Å². The van der Waals surface area contributed by atoms with E-state index in [1.165, 1.54) is 11.3 Å². The zero-order chi connectivity index (χ0) is 14.8. The fraction of sp³-hybridized carbons (Fsp3) is 0.400. The van der Waals surface area contributed by atoms with Crippen LogP contribution in [-0.2, 0) is 6.42 Å². The van der Waals surface area contributed by atoms with Crippen molar-refractivity contribution in [1.29, 1.82) is 0 Å². The molecule has 0 aromatic carbocycles. The molecule has 0 radical (unpaired) electrons. The summed E-state index contributed by atoms with van der Waals surface area (Å²) in [4.78, 5) is 5.68. The molecule has 1 aliphatic heterocycles. The zero-order valence-corrected chi connectivity index (χ0v) is 12.9. The van der Waals surface area contributed by atoms with Gasteiger partial charge >= 0.3 is 0 Å². The van der Waals surface area contributed by atoms with Gasteiger partial charge in [-0.2, -0.15) is 10.1 Å². The van der Waals surface area contributed by atoms with Gasteiger partial charge in [0.15, 0.2) is 11.5 Å². The summed E-state index contributed by atoms with van der Waals surface area (Å²) in [6.07, 6.45) is 5.04. The predicted octanol–water partition coefficient (Wildman–Crippen LogP) is 2.51. The first-order valence-electron chi connectivity index (χ1n) is 7.50. The van der Waals surface area contributed by atoms with Gasteiger partial charge in [-0.1, -0.05) is 11.2 Å². The van der Waals surface area contributed by atoms with Gasteiger partial charge in [-0.3, -0.25) is 4.68 Å². The monoisotopic (exact) mass is 315 g/mol. The normalized spacial score (nSPS) is 18.6. The molecule has 4 rings (SSSR count). The van der Waals surface area contributed by atoms with Crippen molar-refractivity contribution in [2.75, 3.05) is 13.1 Å². The molecule has 0 bridgehead atoms. The summed E-state index contributed by atoms with van der Waals surface area (Å²) in [6.45, 7) is 2.06. The Morgan fingerprint density at radius 2 is 2.41 bits per heavy atom. The maximum atomic E-state index is 5.35. The number of piperidine rings is 1. The number of rotatable bonds is 4. The summed E-state index contributed by atoms with van der Waals surface area (Å²) in [7, 11) is 0. The second kappa shape index (κ2) is 6.02. The topological polar surface area (TPSA) is 68.8 Å². The molecule has 3 aromatic rings. The highest BCUT2D eigenvalue weighted by atomic mass is 32.1. The van der Waals surface area contributed by atoms with E-state index in [1.54, 1.807) is 11.3 Å². The third-order valence-corrected chi connectivity index (χ3v) is 4.73. The van der Waals surface area contributed by atoms with Crippen LogP contribution in [0.3, 0.4) is 0 Å². The van der Waals surface area contributed by atoms with E-state index in [0.29, 0.717) is 24.2 Å². The number of aromatic nitrogens is 4. The largest absolute Gasteiger partial charge is 0.332 e. The maximum absolute atomic E-state index is 5.35. The third-order valence-electron chi connectivity index (χ3n) is 3.85. The van der Waals surface area contributed by atoms with Crippen molar-refractivity contribution < 1.29 is 4.52 Å².